The monoisotopic (exact) mass is 831 g/mol. The number of carboxylic acid groups (broad SMARTS) is 1. The van der Waals surface area contributed by atoms with Gasteiger partial charge in [0.05, 0.1) is 165 Å². The van der Waals surface area contributed by atoms with E-state index in [0.29, 0.717) is 159 Å². The van der Waals surface area contributed by atoms with Crippen LogP contribution in [0.3, 0.4) is 0 Å². The molecular formula is C37H69NO19. The number of Topliss-reactive ketones (excluding diaryl/α,β-unsaturated/α-hetero) is 1. The largest absolute Gasteiger partial charge is 0.476 e. The van der Waals surface area contributed by atoms with E-state index in [2.05, 4.69) is 0 Å². The smallest absolute Gasteiger partial charge is 0.410 e. The van der Waals surface area contributed by atoms with Crippen LogP contribution in [0.4, 0.5) is 4.79 Å². The summed E-state index contributed by atoms with van der Waals surface area (Å²) in [6.07, 6.45) is -1.05. The number of hydrogen-bond donors (Lipinski definition) is 1. The molecule has 1 N–H and O–H groups in total. The number of esters is 1. The van der Waals surface area contributed by atoms with Crippen LogP contribution in [-0.4, -0.2) is 218 Å². The number of carbonyl (C=O) groups excluding carboxylic acids is 3. The fourth-order valence-electron chi connectivity index (χ4n) is 3.76. The Morgan fingerprint density at radius 2 is 0.684 bits per heavy atom. The molecule has 0 aliphatic heterocycles. The molecule has 0 saturated carbocycles. The highest BCUT2D eigenvalue weighted by molar-refractivity contribution is 6.32. The molecule has 20 heteroatoms. The van der Waals surface area contributed by atoms with Crippen molar-refractivity contribution in [3.63, 3.8) is 0 Å². The van der Waals surface area contributed by atoms with Crippen LogP contribution >= 0.6 is 0 Å². The third-order valence-corrected chi connectivity index (χ3v) is 6.65. The minimum atomic E-state index is -1.57. The van der Waals surface area contributed by atoms with Gasteiger partial charge in [-0.3, -0.25) is 9.59 Å². The lowest BCUT2D eigenvalue weighted by atomic mass is 10.2. The number of ketones is 1. The Hall–Kier alpha value is -2.60. The number of rotatable bonds is 43. The molecule has 0 fully saturated rings. The van der Waals surface area contributed by atoms with E-state index >= 15 is 0 Å². The van der Waals surface area contributed by atoms with E-state index in [1.807, 2.05) is 20.8 Å². The maximum absolute atomic E-state index is 11.9. The molecule has 1 amide bonds. The summed E-state index contributed by atoms with van der Waals surface area (Å²) in [6.45, 7) is 16.2. The van der Waals surface area contributed by atoms with Crippen molar-refractivity contribution in [2.24, 2.45) is 0 Å². The van der Waals surface area contributed by atoms with Gasteiger partial charge in [0.15, 0.2) is 0 Å². The van der Waals surface area contributed by atoms with Gasteiger partial charge in [-0.25, -0.2) is 9.59 Å². The molecule has 0 heterocycles. The van der Waals surface area contributed by atoms with Gasteiger partial charge in [-0.05, 0) is 20.8 Å². The van der Waals surface area contributed by atoms with Crippen LogP contribution in [0, 0.1) is 0 Å². The molecule has 0 radical (unpaired) electrons. The van der Waals surface area contributed by atoms with Gasteiger partial charge in [-0.2, -0.15) is 0 Å². The standard InChI is InChI=1S/C37H69NO19/c1-37(2,3)57-36(43)38(4)7-8-44-9-10-45-11-12-46-13-14-47-15-16-48-17-18-49-19-20-50-21-22-51-23-24-52-25-26-53-27-28-54-29-30-55-31-32-56-34(40)6-5-33(39)35(41)42/h5-32H2,1-4H3,(H,41,42). The lowest BCUT2D eigenvalue weighted by Crippen LogP contribution is -2.36. The van der Waals surface area contributed by atoms with E-state index in [0.717, 1.165) is 0 Å². The zero-order valence-corrected chi connectivity index (χ0v) is 34.5. The summed E-state index contributed by atoms with van der Waals surface area (Å²) >= 11 is 0. The van der Waals surface area contributed by atoms with Crippen molar-refractivity contribution in [2.45, 2.75) is 39.2 Å². The molecule has 20 nitrogen and oxygen atoms in total. The van der Waals surface area contributed by atoms with Crippen LogP contribution in [-0.2, 0) is 80.7 Å². The summed E-state index contributed by atoms with van der Waals surface area (Å²) in [5, 5.41) is 8.45. The summed E-state index contributed by atoms with van der Waals surface area (Å²) in [4.78, 5) is 46.0. The molecule has 0 saturated heterocycles. The highest BCUT2D eigenvalue weighted by atomic mass is 16.6. The lowest BCUT2D eigenvalue weighted by Gasteiger charge is -2.24. The third-order valence-electron chi connectivity index (χ3n) is 6.65. The van der Waals surface area contributed by atoms with Crippen molar-refractivity contribution < 1.29 is 90.6 Å². The van der Waals surface area contributed by atoms with Gasteiger partial charge in [0, 0.05) is 20.0 Å². The summed E-state index contributed by atoms with van der Waals surface area (Å²) in [7, 11) is 1.67. The molecule has 0 aromatic heterocycles. The molecule has 0 bridgehead atoms. The van der Waals surface area contributed by atoms with Gasteiger partial charge >= 0.3 is 18.0 Å². The zero-order valence-electron chi connectivity index (χ0n) is 34.5. The topological polar surface area (TPSA) is 221 Å². The molecule has 0 aliphatic carbocycles. The van der Waals surface area contributed by atoms with Crippen molar-refractivity contribution in [3.05, 3.63) is 0 Å². The minimum Gasteiger partial charge on any atom is -0.476 e. The Bertz CT molecular complexity index is 968. The van der Waals surface area contributed by atoms with E-state index in [-0.39, 0.29) is 25.7 Å². The Morgan fingerprint density at radius 3 is 0.947 bits per heavy atom. The van der Waals surface area contributed by atoms with Crippen molar-refractivity contribution in [1.29, 1.82) is 0 Å². The van der Waals surface area contributed by atoms with Gasteiger partial charge in [0.2, 0.25) is 5.78 Å². The summed E-state index contributed by atoms with van der Waals surface area (Å²) in [5.41, 5.74) is -0.521. The fourth-order valence-corrected chi connectivity index (χ4v) is 3.76. The third kappa shape index (κ3) is 42.8. The molecule has 0 unspecified atom stereocenters. The van der Waals surface area contributed by atoms with Crippen molar-refractivity contribution in [1.82, 2.24) is 4.90 Å². The lowest BCUT2D eigenvalue weighted by molar-refractivity contribution is -0.151. The maximum atomic E-state index is 11.9. The SMILES string of the molecule is CN(CCOCCOCCOCCOCCOCCOCCOCCOCCOCCOCCOCCOCCOC(=O)CCC(=O)C(=O)O)C(=O)OC(C)(C)C. The van der Waals surface area contributed by atoms with E-state index in [1.165, 1.54) is 4.90 Å². The van der Waals surface area contributed by atoms with Crippen LogP contribution in [0.25, 0.3) is 0 Å². The first-order valence-corrected chi connectivity index (χ1v) is 19.3. The first kappa shape index (κ1) is 54.4. The Labute approximate surface area is 337 Å². The van der Waals surface area contributed by atoms with Crippen LogP contribution < -0.4 is 0 Å². The minimum absolute atomic E-state index is 0.00756. The van der Waals surface area contributed by atoms with Crippen molar-refractivity contribution in [2.75, 3.05) is 179 Å². The quantitative estimate of drug-likeness (QED) is 0.0515. The molecule has 57 heavy (non-hydrogen) atoms. The van der Waals surface area contributed by atoms with Gasteiger partial charge in [-0.1, -0.05) is 0 Å². The van der Waals surface area contributed by atoms with Gasteiger partial charge in [0.1, 0.15) is 12.2 Å². The predicted octanol–water partition coefficient (Wildman–Crippen LogP) is 1.03. The van der Waals surface area contributed by atoms with E-state index < -0.39 is 29.7 Å². The summed E-state index contributed by atoms with van der Waals surface area (Å²) < 4.78 is 75.4. The zero-order chi connectivity index (χ0) is 42.1. The molecule has 0 atom stereocenters. The van der Waals surface area contributed by atoms with Crippen molar-refractivity contribution in [3.8, 4) is 0 Å². The van der Waals surface area contributed by atoms with Crippen LogP contribution in [0.15, 0.2) is 0 Å². The van der Waals surface area contributed by atoms with E-state index in [9.17, 15) is 19.2 Å². The summed E-state index contributed by atoms with van der Waals surface area (Å²) in [6, 6.07) is 0. The number of likely N-dealkylation sites (N-methyl/N-ethyl adjacent to an activating group) is 1. The second kappa shape index (κ2) is 40.2. The Balaban J connectivity index is 3.18. The van der Waals surface area contributed by atoms with Crippen LogP contribution in [0.1, 0.15) is 33.6 Å². The Morgan fingerprint density at radius 1 is 0.421 bits per heavy atom. The number of aliphatic carboxylic acids is 1. The molecular weight excluding hydrogens is 762 g/mol. The maximum Gasteiger partial charge on any atom is 0.410 e. The van der Waals surface area contributed by atoms with Crippen LogP contribution in [0.5, 0.6) is 0 Å². The van der Waals surface area contributed by atoms with Crippen molar-refractivity contribution >= 4 is 23.8 Å². The number of amides is 1. The van der Waals surface area contributed by atoms with Gasteiger partial charge in [0.25, 0.3) is 0 Å². The number of carbonyl (C=O) groups is 4. The molecule has 0 aliphatic rings. The number of nitrogens with zero attached hydrogens (tertiary/aromatic N) is 1. The normalized spacial score (nSPS) is 11.5. The second-order valence-electron chi connectivity index (χ2n) is 12.7. The Kier molecular flexibility index (Phi) is 38.4. The first-order chi connectivity index (χ1) is 27.5. The highest BCUT2D eigenvalue weighted by Gasteiger charge is 2.19. The molecule has 0 spiro atoms. The van der Waals surface area contributed by atoms with Crippen LogP contribution in [0.2, 0.25) is 0 Å². The average Bonchev–Trinajstić information content (AvgIpc) is 3.16. The fraction of sp³-hybridized carbons (Fsp3) is 0.892. The molecule has 0 rings (SSSR count). The number of hydrogen-bond acceptors (Lipinski definition) is 18. The van der Waals surface area contributed by atoms with E-state index in [4.69, 9.17) is 71.4 Å². The highest BCUT2D eigenvalue weighted by Crippen LogP contribution is 2.08. The number of carboxylic acids is 1. The van der Waals surface area contributed by atoms with Gasteiger partial charge < -0.3 is 76.3 Å². The molecule has 336 valence electrons. The molecule has 0 aromatic carbocycles. The average molecular weight is 832 g/mol. The van der Waals surface area contributed by atoms with E-state index in [1.54, 1.807) is 7.05 Å². The predicted molar refractivity (Wildman–Crippen MR) is 202 cm³/mol. The van der Waals surface area contributed by atoms with Gasteiger partial charge in [-0.15, -0.1) is 0 Å². The molecule has 0 aromatic rings. The number of ether oxygens (including phenoxy) is 14. The first-order valence-electron chi connectivity index (χ1n) is 19.3. The second-order valence-corrected chi connectivity index (χ2v) is 12.7. The summed E-state index contributed by atoms with van der Waals surface area (Å²) in [5.74, 6) is -3.25.